The first-order valence-corrected chi connectivity index (χ1v) is 10.5. The summed E-state index contributed by atoms with van der Waals surface area (Å²) in [6.45, 7) is 4.97. The Bertz CT molecular complexity index is 244. The van der Waals surface area contributed by atoms with Gasteiger partial charge in [0, 0.05) is 6.54 Å². The van der Waals surface area contributed by atoms with Crippen LogP contribution >= 0.6 is 15.9 Å². The molecule has 0 aliphatic heterocycles. The molecule has 0 aromatic heterocycles. The van der Waals surface area contributed by atoms with Gasteiger partial charge in [0.1, 0.15) is 0 Å². The predicted molar refractivity (Wildman–Crippen MR) is 102 cm³/mol. The number of amides is 1. The van der Waals surface area contributed by atoms with E-state index in [4.69, 9.17) is 0 Å². The average molecular weight is 376 g/mol. The van der Waals surface area contributed by atoms with E-state index in [-0.39, 0.29) is 10.7 Å². The third-order valence-corrected chi connectivity index (χ3v) is 4.61. The zero-order valence-corrected chi connectivity index (χ0v) is 16.6. The fraction of sp³-hybridized carbons (Fsp3) is 0.947. The third kappa shape index (κ3) is 16.3. The molecule has 1 atom stereocenters. The van der Waals surface area contributed by atoms with E-state index in [1.165, 1.54) is 83.5 Å². The van der Waals surface area contributed by atoms with E-state index >= 15 is 0 Å². The van der Waals surface area contributed by atoms with Gasteiger partial charge in [0.05, 0.1) is 4.83 Å². The standard InChI is InChI=1S/C19H38BrNO/c1-3-4-5-6-7-8-9-10-11-12-13-14-15-16-17-21-19(22)18(2)20/h18H,3-17H2,1-2H3,(H,21,22). The van der Waals surface area contributed by atoms with Crippen molar-refractivity contribution in [3.8, 4) is 0 Å². The van der Waals surface area contributed by atoms with Crippen LogP contribution in [-0.4, -0.2) is 17.3 Å². The largest absolute Gasteiger partial charge is 0.355 e. The van der Waals surface area contributed by atoms with E-state index in [0.717, 1.165) is 13.0 Å². The maximum absolute atomic E-state index is 11.3. The smallest absolute Gasteiger partial charge is 0.233 e. The molecule has 0 radical (unpaired) electrons. The Morgan fingerprint density at radius 1 is 0.773 bits per heavy atom. The van der Waals surface area contributed by atoms with Crippen LogP contribution in [0.1, 0.15) is 104 Å². The summed E-state index contributed by atoms with van der Waals surface area (Å²) in [5, 5.41) is 2.94. The molecule has 0 fully saturated rings. The van der Waals surface area contributed by atoms with Crippen molar-refractivity contribution in [2.75, 3.05) is 6.54 Å². The molecule has 0 aromatic rings. The molecule has 0 rings (SSSR count). The fourth-order valence-electron chi connectivity index (χ4n) is 2.67. The SMILES string of the molecule is CCCCCCCCCCCCCCCCNC(=O)C(C)Br. The minimum atomic E-state index is -0.0702. The fourth-order valence-corrected chi connectivity index (χ4v) is 2.83. The van der Waals surface area contributed by atoms with Gasteiger partial charge in [-0.25, -0.2) is 0 Å². The minimum Gasteiger partial charge on any atom is -0.355 e. The van der Waals surface area contributed by atoms with Crippen LogP contribution in [0.15, 0.2) is 0 Å². The summed E-state index contributed by atoms with van der Waals surface area (Å²) in [6, 6.07) is 0. The number of carbonyl (C=O) groups excluding carboxylic acids is 1. The van der Waals surface area contributed by atoms with E-state index in [9.17, 15) is 4.79 Å². The van der Waals surface area contributed by atoms with Gasteiger partial charge in [0.2, 0.25) is 5.91 Å². The highest BCUT2D eigenvalue weighted by molar-refractivity contribution is 9.10. The third-order valence-electron chi connectivity index (χ3n) is 4.19. The molecular weight excluding hydrogens is 338 g/mol. The maximum Gasteiger partial charge on any atom is 0.233 e. The molecule has 132 valence electrons. The Kier molecular flexibility index (Phi) is 17.3. The lowest BCUT2D eigenvalue weighted by Crippen LogP contribution is -2.30. The van der Waals surface area contributed by atoms with Gasteiger partial charge in [-0.3, -0.25) is 4.79 Å². The van der Waals surface area contributed by atoms with Gasteiger partial charge >= 0.3 is 0 Å². The maximum atomic E-state index is 11.3. The lowest BCUT2D eigenvalue weighted by molar-refractivity contribution is -0.120. The Morgan fingerprint density at radius 2 is 1.14 bits per heavy atom. The Balaban J connectivity index is 3.04. The number of hydrogen-bond donors (Lipinski definition) is 1. The van der Waals surface area contributed by atoms with Gasteiger partial charge in [-0.05, 0) is 13.3 Å². The van der Waals surface area contributed by atoms with E-state index in [1.54, 1.807) is 0 Å². The lowest BCUT2D eigenvalue weighted by atomic mass is 10.0. The quantitative estimate of drug-likeness (QED) is 0.246. The number of unbranched alkanes of at least 4 members (excludes halogenated alkanes) is 13. The Labute approximate surface area is 147 Å². The topological polar surface area (TPSA) is 29.1 Å². The van der Waals surface area contributed by atoms with Crippen LogP contribution in [0.4, 0.5) is 0 Å². The first-order chi connectivity index (χ1) is 10.7. The molecule has 1 amide bonds. The van der Waals surface area contributed by atoms with Crippen LogP contribution < -0.4 is 5.32 Å². The molecule has 0 bridgehead atoms. The van der Waals surface area contributed by atoms with Gasteiger partial charge < -0.3 is 5.32 Å². The number of rotatable bonds is 16. The van der Waals surface area contributed by atoms with Gasteiger partial charge in [-0.2, -0.15) is 0 Å². The van der Waals surface area contributed by atoms with Crippen LogP contribution in [0.5, 0.6) is 0 Å². The molecule has 0 saturated heterocycles. The van der Waals surface area contributed by atoms with Crippen molar-refractivity contribution in [3.05, 3.63) is 0 Å². The molecule has 2 nitrogen and oxygen atoms in total. The molecule has 3 heteroatoms. The normalized spacial score (nSPS) is 12.3. The predicted octanol–water partition coefficient (Wildman–Crippen LogP) is 6.37. The van der Waals surface area contributed by atoms with Crippen LogP contribution in [0, 0.1) is 0 Å². The van der Waals surface area contributed by atoms with Crippen molar-refractivity contribution < 1.29 is 4.79 Å². The monoisotopic (exact) mass is 375 g/mol. The van der Waals surface area contributed by atoms with Crippen LogP contribution in [-0.2, 0) is 4.79 Å². The molecule has 0 aromatic carbocycles. The van der Waals surface area contributed by atoms with E-state index < -0.39 is 0 Å². The van der Waals surface area contributed by atoms with Gasteiger partial charge in [0.15, 0.2) is 0 Å². The van der Waals surface area contributed by atoms with Crippen molar-refractivity contribution >= 4 is 21.8 Å². The van der Waals surface area contributed by atoms with E-state index in [0.29, 0.717) is 0 Å². The second-order valence-electron chi connectivity index (χ2n) is 6.50. The zero-order valence-electron chi connectivity index (χ0n) is 15.0. The van der Waals surface area contributed by atoms with E-state index in [1.807, 2.05) is 6.92 Å². The lowest BCUT2D eigenvalue weighted by Gasteiger charge is -2.06. The summed E-state index contributed by atoms with van der Waals surface area (Å²) in [5.41, 5.74) is 0. The number of halogens is 1. The highest BCUT2D eigenvalue weighted by Crippen LogP contribution is 2.12. The minimum absolute atomic E-state index is 0.0702. The summed E-state index contributed by atoms with van der Waals surface area (Å²) >= 11 is 3.27. The number of nitrogens with one attached hydrogen (secondary N) is 1. The number of hydrogen-bond acceptors (Lipinski definition) is 1. The molecule has 0 aliphatic rings. The van der Waals surface area contributed by atoms with Gasteiger partial charge in [0.25, 0.3) is 0 Å². The molecule has 22 heavy (non-hydrogen) atoms. The average Bonchev–Trinajstić information content (AvgIpc) is 2.50. The van der Waals surface area contributed by atoms with Crippen molar-refractivity contribution in [2.45, 2.75) is 109 Å². The number of carbonyl (C=O) groups is 1. The molecule has 0 spiro atoms. The van der Waals surface area contributed by atoms with Crippen molar-refractivity contribution in [1.29, 1.82) is 0 Å². The first kappa shape index (κ1) is 21.9. The highest BCUT2D eigenvalue weighted by Gasteiger charge is 2.06. The summed E-state index contributed by atoms with van der Waals surface area (Å²) in [5.74, 6) is 0.106. The first-order valence-electron chi connectivity index (χ1n) is 9.60. The van der Waals surface area contributed by atoms with Crippen molar-refractivity contribution in [3.63, 3.8) is 0 Å². The van der Waals surface area contributed by atoms with Crippen LogP contribution in [0.25, 0.3) is 0 Å². The molecular formula is C19H38BrNO. The summed E-state index contributed by atoms with van der Waals surface area (Å²) in [6.07, 6.45) is 19.2. The van der Waals surface area contributed by atoms with Crippen LogP contribution in [0.2, 0.25) is 0 Å². The summed E-state index contributed by atoms with van der Waals surface area (Å²) in [7, 11) is 0. The summed E-state index contributed by atoms with van der Waals surface area (Å²) < 4.78 is 0. The van der Waals surface area contributed by atoms with Crippen molar-refractivity contribution in [2.24, 2.45) is 0 Å². The summed E-state index contributed by atoms with van der Waals surface area (Å²) in [4.78, 5) is 11.2. The number of alkyl halides is 1. The molecule has 1 N–H and O–H groups in total. The van der Waals surface area contributed by atoms with Crippen molar-refractivity contribution in [1.82, 2.24) is 5.32 Å². The zero-order chi connectivity index (χ0) is 16.5. The van der Waals surface area contributed by atoms with E-state index in [2.05, 4.69) is 28.2 Å². The molecule has 0 heterocycles. The molecule has 0 aliphatic carbocycles. The molecule has 0 saturated carbocycles. The highest BCUT2D eigenvalue weighted by atomic mass is 79.9. The molecule has 1 unspecified atom stereocenters. The second-order valence-corrected chi connectivity index (χ2v) is 7.88. The van der Waals surface area contributed by atoms with Gasteiger partial charge in [-0.1, -0.05) is 106 Å². The Hall–Kier alpha value is -0.0500. The van der Waals surface area contributed by atoms with Gasteiger partial charge in [-0.15, -0.1) is 0 Å². The Morgan fingerprint density at radius 3 is 1.50 bits per heavy atom. The van der Waals surface area contributed by atoms with Crippen LogP contribution in [0.3, 0.4) is 0 Å². The second kappa shape index (κ2) is 17.3.